The monoisotopic (exact) mass is 222 g/mol. The van der Waals surface area contributed by atoms with Crippen molar-refractivity contribution in [3.8, 4) is 0 Å². The van der Waals surface area contributed by atoms with Gasteiger partial charge in [0.05, 0.1) is 19.3 Å². The molecule has 1 fully saturated rings. The third kappa shape index (κ3) is 3.11. The largest absolute Gasteiger partial charge is 0.479 e. The number of carbonyl (C=O) groups is 1. The van der Waals surface area contributed by atoms with Crippen LogP contribution in [0.1, 0.15) is 6.42 Å². The van der Waals surface area contributed by atoms with Crippen LogP contribution in [0.3, 0.4) is 0 Å². The molecule has 0 aliphatic carbocycles. The lowest BCUT2D eigenvalue weighted by molar-refractivity contribution is -0.253. The summed E-state index contributed by atoms with van der Waals surface area (Å²) in [6, 6.07) is 0. The summed E-state index contributed by atoms with van der Waals surface area (Å²) in [6.45, 7) is -0.240. The molecule has 1 aliphatic heterocycles. The highest BCUT2D eigenvalue weighted by atomic mass is 16.7. The van der Waals surface area contributed by atoms with Crippen molar-refractivity contribution < 1.29 is 34.7 Å². The highest BCUT2D eigenvalue weighted by Gasteiger charge is 2.41. The Bertz CT molecular complexity index is 219. The van der Waals surface area contributed by atoms with Gasteiger partial charge in [0.15, 0.2) is 12.4 Å². The van der Waals surface area contributed by atoms with E-state index in [4.69, 9.17) is 19.7 Å². The molecule has 1 aliphatic rings. The van der Waals surface area contributed by atoms with E-state index in [1.807, 2.05) is 0 Å². The summed E-state index contributed by atoms with van der Waals surface area (Å²) in [5, 5.41) is 35.8. The van der Waals surface area contributed by atoms with Crippen molar-refractivity contribution in [1.29, 1.82) is 0 Å². The fourth-order valence-corrected chi connectivity index (χ4v) is 1.33. The molecule has 88 valence electrons. The van der Waals surface area contributed by atoms with Crippen molar-refractivity contribution in [2.75, 3.05) is 13.2 Å². The molecular formula is C8H14O7. The number of rotatable bonds is 4. The van der Waals surface area contributed by atoms with Gasteiger partial charge in [0.1, 0.15) is 6.10 Å². The predicted octanol–water partition coefficient (Wildman–Crippen LogP) is -2.08. The Balaban J connectivity index is 2.54. The summed E-state index contributed by atoms with van der Waals surface area (Å²) < 4.78 is 9.81. The molecule has 4 atom stereocenters. The number of carboxylic acids is 1. The van der Waals surface area contributed by atoms with E-state index >= 15 is 0 Å². The van der Waals surface area contributed by atoms with Crippen molar-refractivity contribution in [3.63, 3.8) is 0 Å². The van der Waals surface area contributed by atoms with Gasteiger partial charge >= 0.3 is 5.97 Å². The molecule has 4 N–H and O–H groups in total. The van der Waals surface area contributed by atoms with E-state index in [0.717, 1.165) is 0 Å². The van der Waals surface area contributed by atoms with Crippen LogP contribution >= 0.6 is 0 Å². The molecule has 1 rings (SSSR count). The van der Waals surface area contributed by atoms with Crippen LogP contribution in [-0.4, -0.2) is 64.2 Å². The van der Waals surface area contributed by atoms with E-state index in [0.29, 0.717) is 0 Å². The zero-order chi connectivity index (χ0) is 11.4. The Labute approximate surface area is 85.9 Å². The summed E-state index contributed by atoms with van der Waals surface area (Å²) in [5.41, 5.74) is 0. The zero-order valence-electron chi connectivity index (χ0n) is 7.94. The van der Waals surface area contributed by atoms with Crippen molar-refractivity contribution in [1.82, 2.24) is 0 Å². The molecule has 1 heterocycles. The summed E-state index contributed by atoms with van der Waals surface area (Å²) in [7, 11) is 0. The zero-order valence-corrected chi connectivity index (χ0v) is 7.94. The van der Waals surface area contributed by atoms with E-state index in [2.05, 4.69) is 0 Å². The second kappa shape index (κ2) is 5.38. The van der Waals surface area contributed by atoms with E-state index < -0.39 is 30.6 Å². The SMILES string of the molecule is O=C(O)C1O[C@@H](OCCO)C[C@@H](O)C1O. The third-order valence-electron chi connectivity index (χ3n) is 2.08. The molecule has 7 nitrogen and oxygen atoms in total. The number of aliphatic carboxylic acids is 1. The number of hydrogen-bond donors (Lipinski definition) is 4. The second-order valence-electron chi connectivity index (χ2n) is 3.21. The Morgan fingerprint density at radius 2 is 2.13 bits per heavy atom. The lowest BCUT2D eigenvalue weighted by atomic mass is 10.0. The highest BCUT2D eigenvalue weighted by Crippen LogP contribution is 2.21. The molecule has 15 heavy (non-hydrogen) atoms. The minimum Gasteiger partial charge on any atom is -0.479 e. The average molecular weight is 222 g/mol. The molecular weight excluding hydrogens is 208 g/mol. The molecule has 0 aromatic heterocycles. The first-order chi connectivity index (χ1) is 7.06. The van der Waals surface area contributed by atoms with Crippen LogP contribution < -0.4 is 0 Å². The van der Waals surface area contributed by atoms with Gasteiger partial charge in [0.2, 0.25) is 0 Å². The normalized spacial score (nSPS) is 36.5. The van der Waals surface area contributed by atoms with Crippen LogP contribution in [-0.2, 0) is 14.3 Å². The number of carboxylic acid groups (broad SMARTS) is 1. The number of ether oxygens (including phenoxy) is 2. The van der Waals surface area contributed by atoms with Gasteiger partial charge in [-0.2, -0.15) is 0 Å². The molecule has 0 aromatic carbocycles. The van der Waals surface area contributed by atoms with E-state index in [1.54, 1.807) is 0 Å². The van der Waals surface area contributed by atoms with Crippen molar-refractivity contribution in [2.24, 2.45) is 0 Å². The summed E-state index contributed by atoms with van der Waals surface area (Å²) >= 11 is 0. The summed E-state index contributed by atoms with van der Waals surface area (Å²) in [4.78, 5) is 10.6. The first-order valence-electron chi connectivity index (χ1n) is 4.53. The smallest absolute Gasteiger partial charge is 0.335 e. The van der Waals surface area contributed by atoms with E-state index in [-0.39, 0.29) is 19.6 Å². The fraction of sp³-hybridized carbons (Fsp3) is 0.875. The van der Waals surface area contributed by atoms with Crippen LogP contribution in [0.25, 0.3) is 0 Å². The van der Waals surface area contributed by atoms with E-state index in [1.165, 1.54) is 0 Å². The van der Waals surface area contributed by atoms with Crippen LogP contribution in [0.4, 0.5) is 0 Å². The second-order valence-corrected chi connectivity index (χ2v) is 3.21. The fourth-order valence-electron chi connectivity index (χ4n) is 1.33. The summed E-state index contributed by atoms with van der Waals surface area (Å²) in [5.74, 6) is -1.36. The maximum atomic E-state index is 10.6. The minimum atomic E-state index is -1.50. The Hall–Kier alpha value is -0.730. The first kappa shape index (κ1) is 12.3. The topological polar surface area (TPSA) is 116 Å². The molecule has 0 saturated carbocycles. The maximum Gasteiger partial charge on any atom is 0.335 e. The summed E-state index contributed by atoms with van der Waals surface area (Å²) in [6.07, 6.45) is -5.11. The molecule has 1 saturated heterocycles. The Kier molecular flexibility index (Phi) is 4.43. The Morgan fingerprint density at radius 3 is 2.67 bits per heavy atom. The lowest BCUT2D eigenvalue weighted by Crippen LogP contribution is -2.52. The molecule has 0 aromatic rings. The molecule has 0 spiro atoms. The number of aliphatic hydroxyl groups excluding tert-OH is 3. The van der Waals surface area contributed by atoms with Crippen molar-refractivity contribution in [2.45, 2.75) is 31.0 Å². The van der Waals surface area contributed by atoms with Gasteiger partial charge in [-0.15, -0.1) is 0 Å². The average Bonchev–Trinajstić information content (AvgIpc) is 2.19. The molecule has 0 amide bonds. The number of aliphatic hydroxyl groups is 3. The minimum absolute atomic E-state index is 0.0141. The third-order valence-corrected chi connectivity index (χ3v) is 2.08. The first-order valence-corrected chi connectivity index (χ1v) is 4.53. The Morgan fingerprint density at radius 1 is 1.47 bits per heavy atom. The molecule has 0 radical (unpaired) electrons. The van der Waals surface area contributed by atoms with Crippen LogP contribution in [0.15, 0.2) is 0 Å². The van der Waals surface area contributed by atoms with Gasteiger partial charge in [-0.05, 0) is 0 Å². The van der Waals surface area contributed by atoms with Crippen molar-refractivity contribution >= 4 is 5.97 Å². The molecule has 2 unspecified atom stereocenters. The van der Waals surface area contributed by atoms with Gasteiger partial charge in [-0.1, -0.05) is 0 Å². The quantitative estimate of drug-likeness (QED) is 0.431. The highest BCUT2D eigenvalue weighted by molar-refractivity contribution is 5.73. The van der Waals surface area contributed by atoms with Crippen LogP contribution in [0, 0.1) is 0 Å². The molecule has 7 heteroatoms. The van der Waals surface area contributed by atoms with Crippen molar-refractivity contribution in [3.05, 3.63) is 0 Å². The lowest BCUT2D eigenvalue weighted by Gasteiger charge is -2.34. The van der Waals surface area contributed by atoms with Gasteiger partial charge < -0.3 is 29.9 Å². The van der Waals surface area contributed by atoms with Crippen LogP contribution in [0.5, 0.6) is 0 Å². The predicted molar refractivity (Wildman–Crippen MR) is 46.0 cm³/mol. The van der Waals surface area contributed by atoms with Gasteiger partial charge in [-0.25, -0.2) is 4.79 Å². The standard InChI is InChI=1S/C8H14O7/c9-1-2-14-5-3-4(10)6(11)7(15-5)8(12)13/h4-7,9-11H,1-3H2,(H,12,13)/t4-,5-,6?,7?/m1/s1. The number of hydrogen-bond acceptors (Lipinski definition) is 6. The maximum absolute atomic E-state index is 10.6. The van der Waals surface area contributed by atoms with Gasteiger partial charge in [-0.3, -0.25) is 0 Å². The van der Waals surface area contributed by atoms with Gasteiger partial charge in [0, 0.05) is 6.42 Å². The van der Waals surface area contributed by atoms with Gasteiger partial charge in [0.25, 0.3) is 0 Å². The van der Waals surface area contributed by atoms with Crippen LogP contribution in [0.2, 0.25) is 0 Å². The molecule has 0 bridgehead atoms. The van der Waals surface area contributed by atoms with E-state index in [9.17, 15) is 15.0 Å².